The molecule has 78 heavy (non-hydrogen) atoms. The summed E-state index contributed by atoms with van der Waals surface area (Å²) in [4.78, 5) is 33.7. The van der Waals surface area contributed by atoms with E-state index in [4.69, 9.17) is 21.9 Å². The van der Waals surface area contributed by atoms with Crippen LogP contribution in [0.2, 0.25) is 0 Å². The van der Waals surface area contributed by atoms with Crippen LogP contribution in [-0.2, 0) is 33.6 Å². The molecular weight excluding hydrogens is 985 g/mol. The molecule has 15 nitrogen and oxygen atoms in total. The van der Waals surface area contributed by atoms with Crippen LogP contribution in [0, 0.1) is 35.0 Å². The number of benzene rings is 3. The summed E-state index contributed by atoms with van der Waals surface area (Å²) in [6.07, 6.45) is 6.47. The van der Waals surface area contributed by atoms with Crippen molar-refractivity contribution in [2.75, 3.05) is 26.3 Å². The molecule has 5 aliphatic rings. The van der Waals surface area contributed by atoms with Crippen LogP contribution in [0.3, 0.4) is 0 Å². The molecule has 1 spiro atoms. The Morgan fingerprint density at radius 2 is 1.71 bits per heavy atom. The fourth-order valence-corrected chi connectivity index (χ4v) is 13.2. The van der Waals surface area contributed by atoms with E-state index in [1.165, 1.54) is 0 Å². The van der Waals surface area contributed by atoms with Crippen molar-refractivity contribution >= 4 is 17.6 Å². The van der Waals surface area contributed by atoms with Gasteiger partial charge in [0.15, 0.2) is 11.7 Å². The number of β-amino-alcohol motifs (C(OH)–C–C–N with tert-alkyl or cyclic N) is 1. The number of Topliss-reactive ketones (excluding diaryl/α,β-unsaturated/α-hetero) is 1. The topological polar surface area (TPSA) is 279 Å². The van der Waals surface area contributed by atoms with Crippen LogP contribution >= 0.6 is 0 Å². The van der Waals surface area contributed by atoms with Gasteiger partial charge in [-0.3, -0.25) is 19.9 Å². The Labute approximate surface area is 459 Å². The van der Waals surface area contributed by atoms with Gasteiger partial charge in [0.05, 0.1) is 36.6 Å². The summed E-state index contributed by atoms with van der Waals surface area (Å²) < 4.78 is 6.17. The van der Waals surface area contributed by atoms with E-state index in [-0.39, 0.29) is 69.5 Å². The van der Waals surface area contributed by atoms with Gasteiger partial charge in [-0.2, -0.15) is 0 Å². The monoisotopic (exact) mass is 1060 g/mol. The van der Waals surface area contributed by atoms with Crippen LogP contribution in [0.15, 0.2) is 130 Å². The third-order valence-electron chi connectivity index (χ3n) is 17.6. The summed E-state index contributed by atoms with van der Waals surface area (Å²) in [5, 5.41) is 78.0. The van der Waals surface area contributed by atoms with Crippen molar-refractivity contribution in [3.63, 3.8) is 0 Å². The molecule has 2 bridgehead atoms. The molecule has 2 saturated carbocycles. The molecule has 12 atom stereocenters. The molecule has 0 aromatic heterocycles. The number of aliphatic imine (C=N–C) groups is 1. The van der Waals surface area contributed by atoms with E-state index >= 15 is 4.79 Å². The first kappa shape index (κ1) is 58.0. The highest BCUT2D eigenvalue weighted by molar-refractivity contribution is 5.98. The number of phenols is 1. The van der Waals surface area contributed by atoms with Gasteiger partial charge in [-0.05, 0) is 153 Å². The van der Waals surface area contributed by atoms with Gasteiger partial charge >= 0.3 is 0 Å². The first-order valence-corrected chi connectivity index (χ1v) is 27.5. The second-order valence-corrected chi connectivity index (χ2v) is 22.6. The van der Waals surface area contributed by atoms with Gasteiger partial charge < -0.3 is 57.9 Å². The van der Waals surface area contributed by atoms with Crippen molar-refractivity contribution < 1.29 is 45.0 Å². The number of carbonyl (C=O) groups is 2. The normalized spacial score (nSPS) is 31.2. The van der Waals surface area contributed by atoms with Crippen LogP contribution < -0.4 is 27.8 Å². The van der Waals surface area contributed by atoms with Gasteiger partial charge in [0, 0.05) is 43.2 Å². The zero-order valence-corrected chi connectivity index (χ0v) is 45.3. The van der Waals surface area contributed by atoms with Crippen LogP contribution in [0.25, 0.3) is 0 Å². The molecule has 416 valence electrons. The first-order valence-electron chi connectivity index (χ1n) is 27.5. The Morgan fingerprint density at radius 3 is 2.46 bits per heavy atom. The number of amides is 1. The van der Waals surface area contributed by atoms with Gasteiger partial charge in [0.1, 0.15) is 24.6 Å². The number of hydrogen-bond donors (Lipinski definition) is 11. The highest BCUT2D eigenvalue weighted by Gasteiger charge is 2.64. The summed E-state index contributed by atoms with van der Waals surface area (Å²) in [7, 11) is 0. The van der Waals surface area contributed by atoms with E-state index in [9.17, 15) is 35.4 Å². The van der Waals surface area contributed by atoms with Crippen LogP contribution in [0.4, 0.5) is 0 Å². The molecule has 3 aromatic carbocycles. The minimum atomic E-state index is -1.39. The number of nitrogens with two attached hydrogens (primary N) is 3. The van der Waals surface area contributed by atoms with Crippen LogP contribution in [-0.4, -0.2) is 105 Å². The largest absolute Gasteiger partial charge is 0.508 e. The number of rotatable bonds is 5. The Bertz CT molecular complexity index is 2910. The summed E-state index contributed by atoms with van der Waals surface area (Å²) in [6, 6.07) is 19.0. The molecule has 0 saturated heterocycles. The number of hydrogen-bond acceptors (Lipinski definition) is 12. The number of ketones is 1. The van der Waals surface area contributed by atoms with E-state index < -0.39 is 77.2 Å². The molecule has 14 N–H and O–H groups in total. The molecule has 1 amide bonds. The zero-order chi connectivity index (χ0) is 55.9. The van der Waals surface area contributed by atoms with Crippen LogP contribution in [0.5, 0.6) is 5.75 Å². The lowest BCUT2D eigenvalue weighted by atomic mass is 9.52. The molecule has 15 heteroatoms. The van der Waals surface area contributed by atoms with E-state index in [1.807, 2.05) is 74.5 Å². The minimum absolute atomic E-state index is 0.0616. The third-order valence-corrected chi connectivity index (χ3v) is 17.6. The van der Waals surface area contributed by atoms with Crippen molar-refractivity contribution in [3.8, 4) is 17.6 Å². The highest BCUT2D eigenvalue weighted by atomic mass is 16.5. The fourth-order valence-electron chi connectivity index (χ4n) is 13.2. The lowest BCUT2D eigenvalue weighted by Crippen LogP contribution is -2.59. The average Bonchev–Trinajstić information content (AvgIpc) is 3.91. The van der Waals surface area contributed by atoms with E-state index in [2.05, 4.69) is 34.0 Å². The van der Waals surface area contributed by atoms with Gasteiger partial charge in [-0.1, -0.05) is 108 Å². The number of allylic oxidation sites excluding steroid dienone is 5. The molecular formula is C63H80N6O9. The third kappa shape index (κ3) is 12.9. The SMILES string of the molecule is C=C1C=CC=C(C2CCC3(C4CCC(O)Cc5cccc(c5)CC(C(CN=C(N)N)c5ccc(O)cc5)C(O)CNC5C(=O)NC(N)c6cccc(c65)CC(=O)C(C)=C4CCC3(C)O)C2O)COCC#CCC(C)=CCC1O. The van der Waals surface area contributed by atoms with Crippen molar-refractivity contribution in [1.29, 1.82) is 0 Å². The van der Waals surface area contributed by atoms with E-state index in [1.54, 1.807) is 37.3 Å². The second kappa shape index (κ2) is 25.3. The van der Waals surface area contributed by atoms with Crippen molar-refractivity contribution in [3.05, 3.63) is 159 Å². The average molecular weight is 1070 g/mol. The lowest BCUT2D eigenvalue weighted by molar-refractivity contribution is -0.168. The summed E-state index contributed by atoms with van der Waals surface area (Å²) >= 11 is 0. The number of aliphatic hydroxyl groups excluding tert-OH is 4. The summed E-state index contributed by atoms with van der Waals surface area (Å²) in [6.45, 7) is 10.1. The smallest absolute Gasteiger partial charge is 0.243 e. The maximum absolute atomic E-state index is 15.1. The summed E-state index contributed by atoms with van der Waals surface area (Å²) in [5.41, 5.74) is 23.9. The number of aromatic hydroxyl groups is 1. The number of nitrogens with zero attached hydrogens (tertiary/aromatic N) is 1. The zero-order valence-electron chi connectivity index (χ0n) is 45.3. The molecule has 3 aromatic rings. The Balaban J connectivity index is 1.20. The van der Waals surface area contributed by atoms with Gasteiger partial charge in [-0.25, -0.2) is 0 Å². The van der Waals surface area contributed by atoms with Gasteiger partial charge in [0.2, 0.25) is 5.91 Å². The molecule has 2 fully saturated rings. The molecule has 8 rings (SSSR count). The molecule has 12 unspecified atom stereocenters. The van der Waals surface area contributed by atoms with Gasteiger partial charge in [-0.15, -0.1) is 0 Å². The number of fused-ring (bicyclic) bond motifs is 4. The Morgan fingerprint density at radius 1 is 0.962 bits per heavy atom. The van der Waals surface area contributed by atoms with E-state index in [0.717, 1.165) is 33.4 Å². The number of guanidine groups is 1. The first-order chi connectivity index (χ1) is 37.3. The minimum Gasteiger partial charge on any atom is -0.508 e. The van der Waals surface area contributed by atoms with Crippen molar-refractivity contribution in [1.82, 2.24) is 10.6 Å². The number of aliphatic hydroxyl groups is 5. The van der Waals surface area contributed by atoms with Crippen LogP contribution in [0.1, 0.15) is 124 Å². The summed E-state index contributed by atoms with van der Waals surface area (Å²) in [5.74, 6) is 3.56. The van der Waals surface area contributed by atoms with Crippen molar-refractivity contribution in [2.45, 2.75) is 140 Å². The Kier molecular flexibility index (Phi) is 18.8. The maximum atomic E-state index is 15.1. The number of carbonyl (C=O) groups excluding carboxylic acids is 2. The second-order valence-electron chi connectivity index (χ2n) is 22.6. The quantitative estimate of drug-likeness (QED) is 0.0645. The van der Waals surface area contributed by atoms with Gasteiger partial charge in [0.25, 0.3) is 0 Å². The predicted molar refractivity (Wildman–Crippen MR) is 302 cm³/mol. The Hall–Kier alpha value is -6.19. The number of ether oxygens (including phenoxy) is 1. The number of nitrogens with one attached hydrogen (secondary N) is 2. The lowest BCUT2D eigenvalue weighted by Gasteiger charge is -2.56. The standard InChI is InChI=1S/C63H80N6O9/c1-37-10-5-6-29-78-36-44(15-7-11-38(2)53(72)24-17-37)48-26-28-63(58(48)75)52-23-22-46(71)31-40-12-8-13-41(30-40)32-50(51(34-68-61(65)66)42-18-20-45(70)21-19-42)55(74)35-67-57-56-43(14-9-16-49(56)59(64)69-60(57)76)33-54(73)39(3)47(52)25-27-62(63,4)77/h7-9,11-21,30,46,48,50-53,55,57-59,67,70-72,74-75,77H,2,10,22-29,31-36,64H2,1,3-4H3,(H,69,76)(H4,65,66,68). The predicted octanol–water partition coefficient (Wildman–Crippen LogP) is 5.59. The molecule has 3 heterocycles. The molecule has 2 aliphatic carbocycles. The van der Waals surface area contributed by atoms with E-state index in [0.29, 0.717) is 72.8 Å². The van der Waals surface area contributed by atoms with Crippen molar-refractivity contribution in [2.24, 2.45) is 45.4 Å². The molecule has 0 radical (unpaired) electrons. The maximum Gasteiger partial charge on any atom is 0.243 e. The molecule has 3 aliphatic heterocycles. The highest BCUT2D eigenvalue weighted by Crippen LogP contribution is 2.63. The fraction of sp³-hybridized carbons (Fsp3) is 0.476. The number of phenolic OH excluding ortho intramolecular Hbond substituents is 1.